The van der Waals surface area contributed by atoms with E-state index < -0.39 is 11.9 Å². The summed E-state index contributed by atoms with van der Waals surface area (Å²) in [4.78, 5) is 26.2. The minimum absolute atomic E-state index is 0.107. The first-order valence-electron chi connectivity index (χ1n) is 9.71. The molecule has 0 radical (unpaired) electrons. The fraction of sp³-hybridized carbons (Fsp3) is 0.409. The number of hydrogen-bond donors (Lipinski definition) is 2. The summed E-state index contributed by atoms with van der Waals surface area (Å²) in [6.07, 6.45) is 2.75. The molecule has 0 bridgehead atoms. The van der Waals surface area contributed by atoms with Gasteiger partial charge in [-0.2, -0.15) is 0 Å². The second kappa shape index (κ2) is 9.04. The average molecular weight is 465 g/mol. The fourth-order valence-electron chi connectivity index (χ4n) is 3.68. The highest BCUT2D eigenvalue weighted by molar-refractivity contribution is 7.80. The van der Waals surface area contributed by atoms with Crippen molar-refractivity contribution in [1.29, 1.82) is 0 Å². The molecule has 2 N–H and O–H groups in total. The molecule has 0 fully saturated rings. The first-order valence-corrected chi connectivity index (χ1v) is 11.3. The van der Waals surface area contributed by atoms with Crippen LogP contribution in [-0.4, -0.2) is 24.1 Å². The molecule has 1 aliphatic rings. The van der Waals surface area contributed by atoms with Gasteiger partial charge in [0.05, 0.1) is 23.3 Å². The molecule has 0 saturated heterocycles. The maximum absolute atomic E-state index is 12.5. The Bertz CT molecular complexity index is 995. The number of methoxy groups -OCH3 is 1. The molecule has 1 atom stereocenters. The number of anilines is 1. The van der Waals surface area contributed by atoms with Gasteiger partial charge in [0.1, 0.15) is 5.00 Å². The lowest BCUT2D eigenvalue weighted by Crippen LogP contribution is -2.34. The summed E-state index contributed by atoms with van der Waals surface area (Å²) >= 11 is 12.9. The molecule has 2 aromatic rings. The van der Waals surface area contributed by atoms with E-state index in [1.807, 2.05) is 0 Å². The molecule has 1 aromatic heterocycles. The van der Waals surface area contributed by atoms with Crippen molar-refractivity contribution >= 4 is 57.1 Å². The smallest absolute Gasteiger partial charge is 0.341 e. The van der Waals surface area contributed by atoms with Gasteiger partial charge in [-0.3, -0.25) is 10.1 Å². The summed E-state index contributed by atoms with van der Waals surface area (Å²) in [7, 11) is 1.37. The van der Waals surface area contributed by atoms with Crippen LogP contribution in [0.15, 0.2) is 24.3 Å². The highest BCUT2D eigenvalue weighted by Gasteiger charge is 2.34. The Morgan fingerprint density at radius 2 is 1.97 bits per heavy atom. The quantitative estimate of drug-likeness (QED) is 0.466. The number of halogens is 1. The molecule has 1 amide bonds. The number of nitrogens with one attached hydrogen (secondary N) is 2. The Balaban J connectivity index is 1.82. The third kappa shape index (κ3) is 4.85. The van der Waals surface area contributed by atoms with E-state index in [1.54, 1.807) is 24.3 Å². The summed E-state index contributed by atoms with van der Waals surface area (Å²) in [6, 6.07) is 6.74. The summed E-state index contributed by atoms with van der Waals surface area (Å²) < 4.78 is 5.02. The van der Waals surface area contributed by atoms with Crippen molar-refractivity contribution in [2.45, 2.75) is 40.0 Å². The second-order valence-corrected chi connectivity index (χ2v) is 10.3. The van der Waals surface area contributed by atoms with Crippen LogP contribution in [-0.2, 0) is 17.6 Å². The lowest BCUT2D eigenvalue weighted by molar-refractivity contribution is 0.0600. The van der Waals surface area contributed by atoms with Crippen molar-refractivity contribution in [3.05, 3.63) is 50.9 Å². The van der Waals surface area contributed by atoms with Gasteiger partial charge in [-0.25, -0.2) is 4.79 Å². The van der Waals surface area contributed by atoms with E-state index in [9.17, 15) is 9.59 Å². The van der Waals surface area contributed by atoms with Gasteiger partial charge in [0.2, 0.25) is 0 Å². The van der Waals surface area contributed by atoms with Gasteiger partial charge in [0.15, 0.2) is 5.11 Å². The molecule has 1 heterocycles. The van der Waals surface area contributed by atoms with Crippen LogP contribution in [0.4, 0.5) is 5.00 Å². The predicted octanol–water partition coefficient (Wildman–Crippen LogP) is 5.47. The van der Waals surface area contributed by atoms with Gasteiger partial charge < -0.3 is 10.1 Å². The Hall–Kier alpha value is -1.96. The Morgan fingerprint density at radius 3 is 2.60 bits per heavy atom. The number of thiophene rings is 1. The third-order valence-electron chi connectivity index (χ3n) is 5.45. The van der Waals surface area contributed by atoms with Crippen LogP contribution in [0.1, 0.15) is 58.3 Å². The number of esters is 1. The summed E-state index contributed by atoms with van der Waals surface area (Å²) in [5.41, 5.74) is 2.06. The molecule has 0 spiro atoms. The highest BCUT2D eigenvalue weighted by atomic mass is 35.5. The van der Waals surface area contributed by atoms with E-state index in [4.69, 9.17) is 28.6 Å². The first-order chi connectivity index (χ1) is 14.1. The van der Waals surface area contributed by atoms with Crippen LogP contribution < -0.4 is 10.6 Å². The van der Waals surface area contributed by atoms with E-state index in [0.29, 0.717) is 27.1 Å². The summed E-state index contributed by atoms with van der Waals surface area (Å²) in [5, 5.41) is 6.72. The van der Waals surface area contributed by atoms with Gasteiger partial charge in [-0.05, 0) is 60.5 Å². The van der Waals surface area contributed by atoms with Gasteiger partial charge >= 0.3 is 5.97 Å². The Kier molecular flexibility index (Phi) is 6.84. The van der Waals surface area contributed by atoms with Crippen molar-refractivity contribution < 1.29 is 14.3 Å². The van der Waals surface area contributed by atoms with Crippen molar-refractivity contribution in [1.82, 2.24) is 5.32 Å². The molecule has 0 aliphatic heterocycles. The molecular formula is C22H25ClN2O3S2. The zero-order valence-electron chi connectivity index (χ0n) is 17.4. The van der Waals surface area contributed by atoms with Crippen LogP contribution in [0.2, 0.25) is 5.02 Å². The van der Waals surface area contributed by atoms with Gasteiger partial charge in [0, 0.05) is 4.88 Å². The van der Waals surface area contributed by atoms with Crippen LogP contribution in [0.5, 0.6) is 0 Å². The average Bonchev–Trinajstić information content (AvgIpc) is 3.03. The molecule has 30 heavy (non-hydrogen) atoms. The van der Waals surface area contributed by atoms with Crippen LogP contribution in [0.25, 0.3) is 0 Å². The van der Waals surface area contributed by atoms with Crippen molar-refractivity contribution in [2.75, 3.05) is 12.4 Å². The molecular weight excluding hydrogens is 440 g/mol. The largest absolute Gasteiger partial charge is 0.465 e. The lowest BCUT2D eigenvalue weighted by atomic mass is 9.72. The fourth-order valence-corrected chi connectivity index (χ4v) is 5.48. The standard InChI is InChI=1S/C22H25ClN2O3S2/c1-22(2,3)12-9-10-14-16(11-12)30-19(17(14)20(27)28-4)25-21(29)24-18(26)13-7-5-6-8-15(13)23/h5-8,12H,9-11H2,1-4H3,(H2,24,25,26,29). The number of ether oxygens (including phenoxy) is 1. The number of hydrogen-bond acceptors (Lipinski definition) is 5. The number of rotatable bonds is 3. The Labute approximate surface area is 191 Å². The first kappa shape index (κ1) is 22.7. The zero-order valence-corrected chi connectivity index (χ0v) is 19.8. The molecule has 1 aromatic carbocycles. The SMILES string of the molecule is COC(=O)c1c(NC(=S)NC(=O)c2ccccc2Cl)sc2c1CCC(C(C)(C)C)C2. The third-order valence-corrected chi connectivity index (χ3v) is 7.16. The number of fused-ring (bicyclic) bond motifs is 1. The van der Waals surface area contributed by atoms with E-state index in [1.165, 1.54) is 23.3 Å². The topological polar surface area (TPSA) is 67.4 Å². The monoisotopic (exact) mass is 464 g/mol. The van der Waals surface area contributed by atoms with Crippen molar-refractivity contribution in [3.63, 3.8) is 0 Å². The molecule has 3 rings (SSSR count). The maximum atomic E-state index is 12.5. The zero-order chi connectivity index (χ0) is 22.1. The van der Waals surface area contributed by atoms with E-state index >= 15 is 0 Å². The number of carbonyl (C=O) groups excluding carboxylic acids is 2. The van der Waals surface area contributed by atoms with E-state index in [2.05, 4.69) is 31.4 Å². The van der Waals surface area contributed by atoms with Gasteiger partial charge in [-0.15, -0.1) is 11.3 Å². The number of thiocarbonyl (C=S) groups is 1. The molecule has 8 heteroatoms. The van der Waals surface area contributed by atoms with E-state index in [0.717, 1.165) is 24.8 Å². The van der Waals surface area contributed by atoms with Crippen molar-refractivity contribution in [3.8, 4) is 0 Å². The number of carbonyl (C=O) groups is 2. The van der Waals surface area contributed by atoms with Crippen molar-refractivity contribution in [2.24, 2.45) is 11.3 Å². The molecule has 0 saturated carbocycles. The summed E-state index contributed by atoms with van der Waals surface area (Å²) in [5.74, 6) is -0.273. The maximum Gasteiger partial charge on any atom is 0.341 e. The number of benzene rings is 1. The summed E-state index contributed by atoms with van der Waals surface area (Å²) in [6.45, 7) is 6.74. The molecule has 160 valence electrons. The van der Waals surface area contributed by atoms with Gasteiger partial charge in [-0.1, -0.05) is 44.5 Å². The minimum atomic E-state index is -0.410. The van der Waals surface area contributed by atoms with E-state index in [-0.39, 0.29) is 10.5 Å². The number of amides is 1. The normalized spacial score (nSPS) is 15.8. The van der Waals surface area contributed by atoms with Gasteiger partial charge in [0.25, 0.3) is 5.91 Å². The van der Waals surface area contributed by atoms with Crippen LogP contribution in [0.3, 0.4) is 0 Å². The Morgan fingerprint density at radius 1 is 1.27 bits per heavy atom. The molecule has 5 nitrogen and oxygen atoms in total. The highest BCUT2D eigenvalue weighted by Crippen LogP contribution is 2.44. The second-order valence-electron chi connectivity index (χ2n) is 8.39. The minimum Gasteiger partial charge on any atom is -0.465 e. The lowest BCUT2D eigenvalue weighted by Gasteiger charge is -2.33. The molecule has 1 unspecified atom stereocenters. The van der Waals surface area contributed by atoms with Crippen LogP contribution in [0, 0.1) is 11.3 Å². The van der Waals surface area contributed by atoms with Crippen LogP contribution >= 0.6 is 35.2 Å². The molecule has 1 aliphatic carbocycles. The predicted molar refractivity (Wildman–Crippen MR) is 126 cm³/mol.